The lowest BCUT2D eigenvalue weighted by molar-refractivity contribution is 0.564. The summed E-state index contributed by atoms with van der Waals surface area (Å²) in [5.74, 6) is 0. The van der Waals surface area contributed by atoms with Crippen molar-refractivity contribution in [3.63, 3.8) is 0 Å². The van der Waals surface area contributed by atoms with Crippen molar-refractivity contribution in [3.8, 4) is 0 Å². The van der Waals surface area contributed by atoms with Crippen LogP contribution in [0.25, 0.3) is 0 Å². The molecule has 1 aliphatic carbocycles. The minimum atomic E-state index is 1.35. The van der Waals surface area contributed by atoms with Gasteiger partial charge in [-0.2, -0.15) is 0 Å². The molecule has 18 heavy (non-hydrogen) atoms. The highest BCUT2D eigenvalue weighted by Gasteiger charge is 2.02. The highest BCUT2D eigenvalue weighted by molar-refractivity contribution is 5.02. The molecule has 0 N–H and O–H groups in total. The van der Waals surface area contributed by atoms with Gasteiger partial charge in [0.1, 0.15) is 0 Å². The van der Waals surface area contributed by atoms with Gasteiger partial charge in [0.2, 0.25) is 0 Å². The van der Waals surface area contributed by atoms with Crippen molar-refractivity contribution in [2.45, 2.75) is 103 Å². The van der Waals surface area contributed by atoms with E-state index in [-0.39, 0.29) is 0 Å². The molecule has 0 radical (unpaired) electrons. The Morgan fingerprint density at radius 3 is 2.22 bits per heavy atom. The molecule has 0 aromatic carbocycles. The Morgan fingerprint density at radius 1 is 0.778 bits per heavy atom. The molecular weight excluding hydrogens is 216 g/mol. The molecule has 0 spiro atoms. The van der Waals surface area contributed by atoms with Crippen LogP contribution >= 0.6 is 0 Å². The van der Waals surface area contributed by atoms with Gasteiger partial charge in [-0.05, 0) is 38.5 Å². The second-order valence-electron chi connectivity index (χ2n) is 6.04. The Labute approximate surface area is 115 Å². The summed E-state index contributed by atoms with van der Waals surface area (Å²) in [7, 11) is 0. The summed E-state index contributed by atoms with van der Waals surface area (Å²) in [5, 5.41) is 0. The normalized spacial score (nSPS) is 19.9. The number of allylic oxidation sites excluding steroid dienone is 2. The molecule has 0 amide bonds. The fourth-order valence-corrected chi connectivity index (χ4v) is 2.97. The first-order valence-electron chi connectivity index (χ1n) is 8.61. The number of rotatable bonds is 9. The maximum absolute atomic E-state index is 2.56. The van der Waals surface area contributed by atoms with Crippen molar-refractivity contribution < 1.29 is 0 Å². The van der Waals surface area contributed by atoms with Gasteiger partial charge >= 0.3 is 0 Å². The van der Waals surface area contributed by atoms with E-state index >= 15 is 0 Å². The van der Waals surface area contributed by atoms with Crippen LogP contribution in [0.2, 0.25) is 0 Å². The van der Waals surface area contributed by atoms with Crippen molar-refractivity contribution in [1.82, 2.24) is 0 Å². The Balaban J connectivity index is 1.93. The number of hydrogen-bond acceptors (Lipinski definition) is 0. The molecule has 0 aliphatic heterocycles. The third kappa shape index (κ3) is 8.78. The first kappa shape index (κ1) is 15.8. The monoisotopic (exact) mass is 250 g/mol. The summed E-state index contributed by atoms with van der Waals surface area (Å²) >= 11 is 0. The molecular formula is C18H34. The number of hydrogen-bond donors (Lipinski definition) is 0. The quantitative estimate of drug-likeness (QED) is 0.312. The van der Waals surface area contributed by atoms with Crippen LogP contribution in [0, 0.1) is 0 Å². The average Bonchev–Trinajstić information content (AvgIpc) is 2.34. The lowest BCUT2D eigenvalue weighted by atomic mass is 9.96. The minimum absolute atomic E-state index is 1.35. The fourth-order valence-electron chi connectivity index (χ4n) is 2.97. The van der Waals surface area contributed by atoms with Gasteiger partial charge < -0.3 is 0 Å². The molecule has 1 aliphatic rings. The van der Waals surface area contributed by atoms with E-state index in [1.165, 1.54) is 96.3 Å². The van der Waals surface area contributed by atoms with Crippen molar-refractivity contribution in [2.24, 2.45) is 0 Å². The van der Waals surface area contributed by atoms with Gasteiger partial charge in [0.05, 0.1) is 0 Å². The molecule has 0 saturated carbocycles. The summed E-state index contributed by atoms with van der Waals surface area (Å²) in [6.45, 7) is 2.29. The van der Waals surface area contributed by atoms with E-state index in [1.807, 2.05) is 0 Å². The lowest BCUT2D eigenvalue weighted by Gasteiger charge is -2.11. The van der Waals surface area contributed by atoms with Gasteiger partial charge in [-0.3, -0.25) is 0 Å². The predicted molar refractivity (Wildman–Crippen MR) is 83.0 cm³/mol. The zero-order valence-electron chi connectivity index (χ0n) is 12.7. The smallest absolute Gasteiger partial charge is 0.0320 e. The maximum Gasteiger partial charge on any atom is -0.0320 e. The number of unbranched alkanes of at least 4 members (excludes halogenated alkanes) is 7. The highest BCUT2D eigenvalue weighted by Crippen LogP contribution is 2.21. The first-order valence-corrected chi connectivity index (χ1v) is 8.61. The minimum Gasteiger partial charge on any atom is -0.0853 e. The van der Waals surface area contributed by atoms with E-state index in [9.17, 15) is 0 Å². The van der Waals surface area contributed by atoms with E-state index in [4.69, 9.17) is 0 Å². The van der Waals surface area contributed by atoms with Crippen LogP contribution in [0.5, 0.6) is 0 Å². The summed E-state index contributed by atoms with van der Waals surface area (Å²) in [6.07, 6.45) is 24.1. The maximum atomic E-state index is 2.56. The van der Waals surface area contributed by atoms with Crippen LogP contribution < -0.4 is 0 Å². The topological polar surface area (TPSA) is 0 Å². The summed E-state index contributed by atoms with van der Waals surface area (Å²) in [4.78, 5) is 0. The van der Waals surface area contributed by atoms with E-state index in [2.05, 4.69) is 13.0 Å². The molecule has 0 bridgehead atoms. The average molecular weight is 250 g/mol. The fraction of sp³-hybridized carbons (Fsp3) is 0.889. The van der Waals surface area contributed by atoms with E-state index < -0.39 is 0 Å². The van der Waals surface area contributed by atoms with Crippen molar-refractivity contribution >= 4 is 0 Å². The third-order valence-corrected chi connectivity index (χ3v) is 4.24. The molecule has 0 saturated heterocycles. The molecule has 0 fully saturated rings. The van der Waals surface area contributed by atoms with Crippen molar-refractivity contribution in [2.75, 3.05) is 0 Å². The Morgan fingerprint density at radius 2 is 1.44 bits per heavy atom. The Hall–Kier alpha value is -0.260. The van der Waals surface area contributed by atoms with Crippen LogP contribution in [0.15, 0.2) is 11.6 Å². The van der Waals surface area contributed by atoms with Gasteiger partial charge in [-0.15, -0.1) is 0 Å². The second kappa shape index (κ2) is 11.8. The molecule has 0 atom stereocenters. The summed E-state index contributed by atoms with van der Waals surface area (Å²) in [6, 6.07) is 0. The van der Waals surface area contributed by atoms with Gasteiger partial charge in [0.25, 0.3) is 0 Å². The van der Waals surface area contributed by atoms with Gasteiger partial charge in [0, 0.05) is 0 Å². The molecule has 0 nitrogen and oxygen atoms in total. The Kier molecular flexibility index (Phi) is 10.4. The standard InChI is InChI=1S/C18H34/c1-2-3-4-5-6-7-9-12-15-18-16-13-10-8-11-14-17-18/h16H,2-15,17H2,1H3/b18-16-. The predicted octanol–water partition coefficient (Wildman–Crippen LogP) is 6.80. The first-order chi connectivity index (χ1) is 8.93. The van der Waals surface area contributed by atoms with Crippen LogP contribution in [0.4, 0.5) is 0 Å². The summed E-state index contributed by atoms with van der Waals surface area (Å²) < 4.78 is 0. The van der Waals surface area contributed by atoms with Crippen LogP contribution in [0.3, 0.4) is 0 Å². The molecule has 0 aromatic rings. The van der Waals surface area contributed by atoms with Crippen LogP contribution in [-0.2, 0) is 0 Å². The Bertz CT molecular complexity index is 202. The molecule has 0 unspecified atom stereocenters. The van der Waals surface area contributed by atoms with E-state index in [0.29, 0.717) is 0 Å². The lowest BCUT2D eigenvalue weighted by Crippen LogP contribution is -1.91. The molecule has 1 rings (SSSR count). The van der Waals surface area contributed by atoms with Crippen LogP contribution in [-0.4, -0.2) is 0 Å². The summed E-state index contributed by atoms with van der Waals surface area (Å²) in [5.41, 5.74) is 1.78. The van der Waals surface area contributed by atoms with Gasteiger partial charge in [-0.1, -0.05) is 76.4 Å². The SMILES string of the molecule is CCCCCCCCCC/C1=C/CCCCCC1. The molecule has 106 valence electrons. The molecule has 0 aromatic heterocycles. The van der Waals surface area contributed by atoms with Crippen LogP contribution in [0.1, 0.15) is 103 Å². The molecule has 0 heterocycles. The second-order valence-corrected chi connectivity index (χ2v) is 6.04. The zero-order valence-corrected chi connectivity index (χ0v) is 12.7. The highest BCUT2D eigenvalue weighted by atomic mass is 14.1. The van der Waals surface area contributed by atoms with Gasteiger partial charge in [-0.25, -0.2) is 0 Å². The van der Waals surface area contributed by atoms with E-state index in [1.54, 1.807) is 5.57 Å². The van der Waals surface area contributed by atoms with Gasteiger partial charge in [0.15, 0.2) is 0 Å². The van der Waals surface area contributed by atoms with E-state index in [0.717, 1.165) is 0 Å². The largest absolute Gasteiger partial charge is 0.0853 e. The van der Waals surface area contributed by atoms with Crippen molar-refractivity contribution in [3.05, 3.63) is 11.6 Å². The third-order valence-electron chi connectivity index (χ3n) is 4.24. The molecule has 0 heteroatoms. The zero-order chi connectivity index (χ0) is 12.9. The van der Waals surface area contributed by atoms with Crippen molar-refractivity contribution in [1.29, 1.82) is 0 Å².